The monoisotopic (exact) mass is 488 g/mol. The fraction of sp³-hybridized carbons (Fsp3) is 0.345. The first-order chi connectivity index (χ1) is 17.6. The molecule has 3 aromatic rings. The zero-order valence-electron chi connectivity index (χ0n) is 20.3. The van der Waals surface area contributed by atoms with E-state index >= 15 is 0 Å². The number of benzene rings is 3. The van der Waals surface area contributed by atoms with Gasteiger partial charge in [-0.15, -0.1) is 0 Å². The van der Waals surface area contributed by atoms with Crippen LogP contribution in [0.3, 0.4) is 0 Å². The Morgan fingerprint density at radius 3 is 2.36 bits per heavy atom. The molecule has 3 aromatic carbocycles. The predicted octanol–water partition coefficient (Wildman–Crippen LogP) is 4.11. The quantitative estimate of drug-likeness (QED) is 0.472. The van der Waals surface area contributed by atoms with E-state index < -0.39 is 12.1 Å². The van der Waals surface area contributed by atoms with Crippen LogP contribution in [-0.4, -0.2) is 54.8 Å². The Kier molecular flexibility index (Phi) is 7.69. The Morgan fingerprint density at radius 2 is 1.61 bits per heavy atom. The predicted molar refractivity (Wildman–Crippen MR) is 137 cm³/mol. The molecule has 1 amide bonds. The largest absolute Gasteiger partial charge is 0.486 e. The number of hydrogen-bond donors (Lipinski definition) is 2. The fourth-order valence-electron chi connectivity index (χ4n) is 4.69. The first-order valence-corrected chi connectivity index (χ1v) is 12.6. The Hall–Kier alpha value is -3.55. The molecule has 0 bridgehead atoms. The molecule has 0 saturated carbocycles. The second-order valence-electron chi connectivity index (χ2n) is 9.27. The van der Waals surface area contributed by atoms with Gasteiger partial charge in [0.25, 0.3) is 0 Å². The van der Waals surface area contributed by atoms with Crippen LogP contribution in [-0.2, 0) is 11.2 Å². The number of carbonyl (C=O) groups excluding carboxylic acids is 1. The van der Waals surface area contributed by atoms with Crippen molar-refractivity contribution in [3.05, 3.63) is 83.9 Å². The molecule has 0 radical (unpaired) electrons. The fourth-order valence-corrected chi connectivity index (χ4v) is 4.69. The number of carbonyl (C=O) groups is 1. The van der Waals surface area contributed by atoms with Gasteiger partial charge in [0.1, 0.15) is 30.8 Å². The topological polar surface area (TPSA) is 80.3 Å². The highest BCUT2D eigenvalue weighted by Crippen LogP contribution is 2.33. The maximum absolute atomic E-state index is 13.0. The summed E-state index contributed by atoms with van der Waals surface area (Å²) >= 11 is 0. The van der Waals surface area contributed by atoms with Gasteiger partial charge in [-0.3, -0.25) is 4.79 Å². The van der Waals surface area contributed by atoms with E-state index in [0.717, 1.165) is 37.2 Å². The van der Waals surface area contributed by atoms with Crippen molar-refractivity contribution in [2.75, 3.05) is 32.8 Å². The van der Waals surface area contributed by atoms with Crippen molar-refractivity contribution in [1.29, 1.82) is 0 Å². The van der Waals surface area contributed by atoms with Gasteiger partial charge in [0.15, 0.2) is 11.5 Å². The molecule has 2 N–H and O–H groups in total. The first-order valence-electron chi connectivity index (χ1n) is 12.6. The molecule has 2 atom stereocenters. The summed E-state index contributed by atoms with van der Waals surface area (Å²) in [5, 5.41) is 14.4. The molecule has 0 spiro atoms. The molecule has 7 heteroatoms. The molecule has 1 fully saturated rings. The van der Waals surface area contributed by atoms with E-state index in [1.54, 1.807) is 0 Å². The molecule has 36 heavy (non-hydrogen) atoms. The summed E-state index contributed by atoms with van der Waals surface area (Å²) in [6.45, 7) is 3.54. The molecule has 0 aromatic heterocycles. The summed E-state index contributed by atoms with van der Waals surface area (Å²) in [4.78, 5) is 15.3. The highest BCUT2D eigenvalue weighted by atomic mass is 16.6. The number of aliphatic hydroxyl groups excluding tert-OH is 1. The molecule has 0 unspecified atom stereocenters. The van der Waals surface area contributed by atoms with E-state index in [1.807, 2.05) is 72.8 Å². The third-order valence-electron chi connectivity index (χ3n) is 6.56. The van der Waals surface area contributed by atoms with Crippen LogP contribution in [0, 0.1) is 0 Å². The van der Waals surface area contributed by atoms with E-state index in [-0.39, 0.29) is 12.3 Å². The van der Waals surface area contributed by atoms with Gasteiger partial charge in [-0.05, 0) is 73.5 Å². The molecule has 2 aliphatic rings. The lowest BCUT2D eigenvalue weighted by Crippen LogP contribution is -2.47. The average Bonchev–Trinajstić information content (AvgIpc) is 3.42. The van der Waals surface area contributed by atoms with E-state index in [0.29, 0.717) is 42.6 Å². The van der Waals surface area contributed by atoms with Gasteiger partial charge in [0.2, 0.25) is 5.91 Å². The van der Waals surface area contributed by atoms with E-state index in [4.69, 9.17) is 14.2 Å². The highest BCUT2D eigenvalue weighted by molar-refractivity contribution is 5.79. The Bertz CT molecular complexity index is 1150. The molecular weight excluding hydrogens is 456 g/mol. The van der Waals surface area contributed by atoms with Crippen LogP contribution in [0.25, 0.3) is 0 Å². The Balaban J connectivity index is 1.24. The van der Waals surface area contributed by atoms with Crippen LogP contribution in [0.1, 0.15) is 30.1 Å². The van der Waals surface area contributed by atoms with E-state index in [9.17, 15) is 9.90 Å². The lowest BCUT2D eigenvalue weighted by Gasteiger charge is -2.29. The van der Waals surface area contributed by atoms with Gasteiger partial charge in [0.05, 0.1) is 12.5 Å². The smallest absolute Gasteiger partial charge is 0.224 e. The van der Waals surface area contributed by atoms with Gasteiger partial charge < -0.3 is 29.5 Å². The molecule has 188 valence electrons. The summed E-state index contributed by atoms with van der Waals surface area (Å²) in [5.74, 6) is 2.65. The van der Waals surface area contributed by atoms with Crippen LogP contribution in [0.5, 0.6) is 23.0 Å². The van der Waals surface area contributed by atoms with Gasteiger partial charge in [-0.1, -0.05) is 36.4 Å². The Morgan fingerprint density at radius 1 is 0.917 bits per heavy atom. The minimum absolute atomic E-state index is 0.132. The second kappa shape index (κ2) is 11.5. The van der Waals surface area contributed by atoms with Crippen molar-refractivity contribution in [3.8, 4) is 23.0 Å². The lowest BCUT2D eigenvalue weighted by molar-refractivity contribution is -0.122. The van der Waals surface area contributed by atoms with Crippen LogP contribution in [0.15, 0.2) is 72.8 Å². The standard InChI is InChI=1S/C29H32N2O5/c32-28(18-21-8-11-24(12-9-21)36-23-6-2-1-3-7-23)30-25(20-31-14-4-5-15-31)29(33)22-10-13-26-27(19-22)35-17-16-34-26/h1-3,6-13,19,25,29,33H,4-5,14-18,20H2,(H,30,32)/t25-,29-/m1/s1. The molecule has 0 aliphatic carbocycles. The molecule has 5 rings (SSSR count). The third kappa shape index (κ3) is 6.17. The molecular formula is C29H32N2O5. The SMILES string of the molecule is O=C(Cc1ccc(Oc2ccccc2)cc1)N[C@H](CN1CCCC1)[C@H](O)c1ccc2c(c1)OCCO2. The van der Waals surface area contributed by atoms with Crippen molar-refractivity contribution in [2.45, 2.75) is 31.4 Å². The van der Waals surface area contributed by atoms with Crippen LogP contribution in [0.2, 0.25) is 0 Å². The van der Waals surface area contributed by atoms with Crippen LogP contribution in [0.4, 0.5) is 0 Å². The van der Waals surface area contributed by atoms with Gasteiger partial charge >= 0.3 is 0 Å². The number of rotatable bonds is 9. The maximum atomic E-state index is 13.0. The summed E-state index contributed by atoms with van der Waals surface area (Å²) in [6, 6.07) is 22.1. The van der Waals surface area contributed by atoms with Gasteiger partial charge in [-0.25, -0.2) is 0 Å². The third-order valence-corrected chi connectivity index (χ3v) is 6.56. The first kappa shape index (κ1) is 24.2. The summed E-state index contributed by atoms with van der Waals surface area (Å²) in [6.07, 6.45) is 1.62. The summed E-state index contributed by atoms with van der Waals surface area (Å²) < 4.78 is 17.1. The van der Waals surface area contributed by atoms with Crippen LogP contribution >= 0.6 is 0 Å². The number of fused-ring (bicyclic) bond motifs is 1. The molecule has 1 saturated heterocycles. The maximum Gasteiger partial charge on any atom is 0.224 e. The number of ether oxygens (including phenoxy) is 3. The number of nitrogens with one attached hydrogen (secondary N) is 1. The van der Waals surface area contributed by atoms with Crippen molar-refractivity contribution in [1.82, 2.24) is 10.2 Å². The number of aliphatic hydroxyl groups is 1. The average molecular weight is 489 g/mol. The van der Waals surface area contributed by atoms with Crippen molar-refractivity contribution in [2.24, 2.45) is 0 Å². The van der Waals surface area contributed by atoms with Gasteiger partial charge in [-0.2, -0.15) is 0 Å². The summed E-state index contributed by atoms with van der Waals surface area (Å²) in [5.41, 5.74) is 1.58. The van der Waals surface area contributed by atoms with Crippen LogP contribution < -0.4 is 19.5 Å². The zero-order chi connectivity index (χ0) is 24.7. The molecule has 2 aliphatic heterocycles. The van der Waals surface area contributed by atoms with Crippen molar-refractivity contribution in [3.63, 3.8) is 0 Å². The number of para-hydroxylation sites is 1. The molecule has 2 heterocycles. The van der Waals surface area contributed by atoms with Crippen molar-refractivity contribution < 1.29 is 24.1 Å². The normalized spacial score (nSPS) is 16.8. The molecule has 7 nitrogen and oxygen atoms in total. The minimum Gasteiger partial charge on any atom is -0.486 e. The zero-order valence-corrected chi connectivity index (χ0v) is 20.3. The number of nitrogens with zero attached hydrogens (tertiary/aromatic N) is 1. The second-order valence-corrected chi connectivity index (χ2v) is 9.27. The minimum atomic E-state index is -0.868. The van der Waals surface area contributed by atoms with E-state index in [2.05, 4.69) is 10.2 Å². The van der Waals surface area contributed by atoms with E-state index in [1.165, 1.54) is 0 Å². The number of hydrogen-bond acceptors (Lipinski definition) is 6. The highest BCUT2D eigenvalue weighted by Gasteiger charge is 2.28. The summed E-state index contributed by atoms with van der Waals surface area (Å²) in [7, 11) is 0. The Labute approximate surface area is 211 Å². The van der Waals surface area contributed by atoms with Crippen molar-refractivity contribution >= 4 is 5.91 Å². The lowest BCUT2D eigenvalue weighted by atomic mass is 10.0. The van der Waals surface area contributed by atoms with Gasteiger partial charge in [0, 0.05) is 6.54 Å². The number of likely N-dealkylation sites (tertiary alicyclic amines) is 1. The number of amides is 1.